The lowest BCUT2D eigenvalue weighted by molar-refractivity contribution is -0.135. The van der Waals surface area contributed by atoms with E-state index in [9.17, 15) is 4.79 Å². The van der Waals surface area contributed by atoms with Gasteiger partial charge in [-0.1, -0.05) is 0 Å². The second kappa shape index (κ2) is 5.57. The summed E-state index contributed by atoms with van der Waals surface area (Å²) in [5.74, 6) is 0.0810. The van der Waals surface area contributed by atoms with E-state index >= 15 is 0 Å². The average molecular weight is 255 g/mol. The van der Waals surface area contributed by atoms with E-state index in [2.05, 4.69) is 10.3 Å². The number of ether oxygens (including phenoxy) is 1. The van der Waals surface area contributed by atoms with E-state index < -0.39 is 0 Å². The molecule has 1 aliphatic heterocycles. The lowest BCUT2D eigenvalue weighted by atomic mass is 10.2. The largest absolute Gasteiger partial charge is 0.378 e. The number of aromatic nitrogens is 1. The van der Waals surface area contributed by atoms with Gasteiger partial charge in [-0.25, -0.2) is 4.98 Å². The van der Waals surface area contributed by atoms with E-state index in [1.54, 1.807) is 16.2 Å². The van der Waals surface area contributed by atoms with Crippen LogP contribution in [0.3, 0.4) is 0 Å². The van der Waals surface area contributed by atoms with Gasteiger partial charge >= 0.3 is 0 Å². The molecule has 5 nitrogen and oxygen atoms in total. The predicted octanol–water partition coefficient (Wildman–Crippen LogP) is 0.398. The normalized spacial score (nSPS) is 20.2. The van der Waals surface area contributed by atoms with Crippen molar-refractivity contribution in [3.63, 3.8) is 0 Å². The zero-order chi connectivity index (χ0) is 12.3. The highest BCUT2D eigenvalue weighted by Gasteiger charge is 2.24. The number of hydrogen-bond acceptors (Lipinski definition) is 5. The monoisotopic (exact) mass is 255 g/mol. The zero-order valence-corrected chi connectivity index (χ0v) is 10.9. The van der Waals surface area contributed by atoms with Crippen molar-refractivity contribution in [1.29, 1.82) is 0 Å². The van der Waals surface area contributed by atoms with Gasteiger partial charge in [-0.15, -0.1) is 11.3 Å². The molecule has 94 valence electrons. The van der Waals surface area contributed by atoms with Gasteiger partial charge in [0.05, 0.1) is 31.0 Å². The Labute approximate surface area is 105 Å². The summed E-state index contributed by atoms with van der Waals surface area (Å²) in [6.45, 7) is 4.47. The molecule has 1 fully saturated rings. The fraction of sp³-hybridized carbons (Fsp3) is 0.636. The van der Waals surface area contributed by atoms with Gasteiger partial charge < -0.3 is 15.0 Å². The van der Waals surface area contributed by atoms with Crippen molar-refractivity contribution in [2.24, 2.45) is 0 Å². The van der Waals surface area contributed by atoms with E-state index in [4.69, 9.17) is 4.74 Å². The lowest BCUT2D eigenvalue weighted by Crippen LogP contribution is -2.51. The van der Waals surface area contributed by atoms with Crippen LogP contribution < -0.4 is 5.32 Å². The molecule has 6 heteroatoms. The Balaban J connectivity index is 1.93. The zero-order valence-electron chi connectivity index (χ0n) is 10.1. The number of amides is 1. The first kappa shape index (κ1) is 12.5. The summed E-state index contributed by atoms with van der Waals surface area (Å²) in [7, 11) is 1.82. The Morgan fingerprint density at radius 2 is 2.59 bits per heavy atom. The van der Waals surface area contributed by atoms with Crippen molar-refractivity contribution in [1.82, 2.24) is 15.2 Å². The maximum atomic E-state index is 12.1. The molecule has 2 rings (SSSR count). The maximum absolute atomic E-state index is 12.1. The number of morpholine rings is 1. The highest BCUT2D eigenvalue weighted by atomic mass is 32.1. The maximum Gasteiger partial charge on any atom is 0.242 e. The quantitative estimate of drug-likeness (QED) is 0.849. The summed E-state index contributed by atoms with van der Waals surface area (Å²) in [5.41, 5.74) is 2.81. The fourth-order valence-corrected chi connectivity index (χ4v) is 2.59. The molecule has 0 aliphatic carbocycles. The van der Waals surface area contributed by atoms with E-state index in [1.807, 2.05) is 19.5 Å². The number of nitrogens with zero attached hydrogens (tertiary/aromatic N) is 2. The number of rotatable bonds is 3. The number of carbonyl (C=O) groups is 1. The van der Waals surface area contributed by atoms with Gasteiger partial charge in [0.1, 0.15) is 6.04 Å². The van der Waals surface area contributed by atoms with Crippen molar-refractivity contribution >= 4 is 17.2 Å². The third kappa shape index (κ3) is 3.02. The minimum absolute atomic E-state index is 0.0810. The molecule has 1 aromatic rings. The van der Waals surface area contributed by atoms with Crippen LogP contribution in [0.5, 0.6) is 0 Å². The van der Waals surface area contributed by atoms with Crippen LogP contribution in [0.4, 0.5) is 0 Å². The fourth-order valence-electron chi connectivity index (χ4n) is 1.76. The van der Waals surface area contributed by atoms with Crippen LogP contribution >= 0.6 is 11.3 Å². The van der Waals surface area contributed by atoms with Crippen molar-refractivity contribution in [3.8, 4) is 0 Å². The van der Waals surface area contributed by atoms with Crippen LogP contribution in [0.25, 0.3) is 0 Å². The molecule has 1 aromatic heterocycles. The van der Waals surface area contributed by atoms with Gasteiger partial charge in [-0.3, -0.25) is 4.79 Å². The molecular formula is C11H17N3O2S. The molecule has 2 heterocycles. The molecule has 0 spiro atoms. The Morgan fingerprint density at radius 3 is 3.18 bits per heavy atom. The van der Waals surface area contributed by atoms with E-state index in [1.165, 1.54) is 0 Å². The van der Waals surface area contributed by atoms with Crippen molar-refractivity contribution in [3.05, 3.63) is 16.1 Å². The van der Waals surface area contributed by atoms with Crippen molar-refractivity contribution in [2.45, 2.75) is 19.5 Å². The van der Waals surface area contributed by atoms with Crippen LogP contribution in [0.2, 0.25) is 0 Å². The van der Waals surface area contributed by atoms with Gasteiger partial charge in [0.2, 0.25) is 5.91 Å². The molecule has 0 aromatic carbocycles. The van der Waals surface area contributed by atoms with Crippen molar-refractivity contribution < 1.29 is 9.53 Å². The summed E-state index contributed by atoms with van der Waals surface area (Å²) < 4.78 is 5.29. The first-order valence-electron chi connectivity index (χ1n) is 5.63. The SMILES string of the molecule is Cc1ncsc1CN(C)C(=O)C1COCCN1. The minimum Gasteiger partial charge on any atom is -0.378 e. The molecule has 1 saturated heterocycles. The molecule has 0 saturated carbocycles. The van der Waals surface area contributed by atoms with Gasteiger partial charge in [0.15, 0.2) is 0 Å². The molecule has 1 atom stereocenters. The smallest absolute Gasteiger partial charge is 0.242 e. The highest BCUT2D eigenvalue weighted by Crippen LogP contribution is 2.14. The van der Waals surface area contributed by atoms with Crippen LogP contribution in [-0.2, 0) is 16.1 Å². The molecule has 1 unspecified atom stereocenters. The molecular weight excluding hydrogens is 238 g/mol. The van der Waals surface area contributed by atoms with Crippen LogP contribution in [0.15, 0.2) is 5.51 Å². The summed E-state index contributed by atoms with van der Waals surface area (Å²) in [6, 6.07) is -0.207. The first-order valence-corrected chi connectivity index (χ1v) is 6.51. The van der Waals surface area contributed by atoms with E-state index in [0.717, 1.165) is 17.1 Å². The molecule has 1 amide bonds. The van der Waals surface area contributed by atoms with Gasteiger partial charge in [0.25, 0.3) is 0 Å². The molecule has 1 aliphatic rings. The predicted molar refractivity (Wildman–Crippen MR) is 65.9 cm³/mol. The van der Waals surface area contributed by atoms with Crippen LogP contribution in [-0.4, -0.2) is 48.6 Å². The minimum atomic E-state index is -0.207. The van der Waals surface area contributed by atoms with E-state index in [-0.39, 0.29) is 11.9 Å². The summed E-state index contributed by atoms with van der Waals surface area (Å²) in [4.78, 5) is 19.2. The average Bonchev–Trinajstić information content (AvgIpc) is 2.75. The Bertz CT molecular complexity index is 388. The highest BCUT2D eigenvalue weighted by molar-refractivity contribution is 7.09. The number of carbonyl (C=O) groups excluding carboxylic acids is 1. The third-order valence-electron chi connectivity index (χ3n) is 2.82. The Kier molecular flexibility index (Phi) is 4.09. The summed E-state index contributed by atoms with van der Waals surface area (Å²) >= 11 is 1.59. The number of thiazole rings is 1. The van der Waals surface area contributed by atoms with Crippen molar-refractivity contribution in [2.75, 3.05) is 26.8 Å². The number of likely N-dealkylation sites (N-methyl/N-ethyl adjacent to an activating group) is 1. The Hall–Kier alpha value is -0.980. The standard InChI is InChI=1S/C11H17N3O2S/c1-8-10(17-7-13-8)5-14(2)11(15)9-6-16-4-3-12-9/h7,9,12H,3-6H2,1-2H3. The molecule has 0 radical (unpaired) electrons. The first-order chi connectivity index (χ1) is 8.18. The molecule has 1 N–H and O–H groups in total. The second-order valence-electron chi connectivity index (χ2n) is 4.14. The number of nitrogens with one attached hydrogen (secondary N) is 1. The second-order valence-corrected chi connectivity index (χ2v) is 5.08. The van der Waals surface area contributed by atoms with Crippen LogP contribution in [0, 0.1) is 6.92 Å². The van der Waals surface area contributed by atoms with Gasteiger partial charge in [-0.2, -0.15) is 0 Å². The van der Waals surface area contributed by atoms with E-state index in [0.29, 0.717) is 19.8 Å². The number of hydrogen-bond donors (Lipinski definition) is 1. The lowest BCUT2D eigenvalue weighted by Gasteiger charge is -2.27. The molecule has 0 bridgehead atoms. The van der Waals surface area contributed by atoms with Crippen LogP contribution in [0.1, 0.15) is 10.6 Å². The number of aryl methyl sites for hydroxylation is 1. The van der Waals surface area contributed by atoms with Gasteiger partial charge in [-0.05, 0) is 6.92 Å². The van der Waals surface area contributed by atoms with Gasteiger partial charge in [0, 0.05) is 18.5 Å². The topological polar surface area (TPSA) is 54.5 Å². The Morgan fingerprint density at radius 1 is 1.76 bits per heavy atom. The third-order valence-corrected chi connectivity index (χ3v) is 3.74. The summed E-state index contributed by atoms with van der Waals surface area (Å²) in [6.07, 6.45) is 0. The molecule has 17 heavy (non-hydrogen) atoms. The summed E-state index contributed by atoms with van der Waals surface area (Å²) in [5, 5.41) is 3.17.